The Kier molecular flexibility index (Phi) is 8.42. The van der Waals surface area contributed by atoms with Crippen molar-refractivity contribution >= 4 is 46.5 Å². The van der Waals surface area contributed by atoms with Gasteiger partial charge in [0, 0.05) is 48.6 Å². The summed E-state index contributed by atoms with van der Waals surface area (Å²) in [7, 11) is 0. The van der Waals surface area contributed by atoms with Crippen molar-refractivity contribution in [1.29, 1.82) is 0 Å². The molecule has 214 valence electrons. The highest BCUT2D eigenvalue weighted by atomic mass is 32.2. The Morgan fingerprint density at radius 3 is 2.30 bits per heavy atom. The highest BCUT2D eigenvalue weighted by Crippen LogP contribution is 2.68. The van der Waals surface area contributed by atoms with Crippen molar-refractivity contribution in [3.8, 4) is 0 Å². The van der Waals surface area contributed by atoms with Gasteiger partial charge < -0.3 is 25.5 Å². The van der Waals surface area contributed by atoms with Gasteiger partial charge in [-0.25, -0.2) is 0 Å². The van der Waals surface area contributed by atoms with Crippen LogP contribution in [0.25, 0.3) is 0 Å². The second kappa shape index (κ2) is 11.8. The number of para-hydroxylation sites is 1. The fourth-order valence-electron chi connectivity index (χ4n) is 7.06. The third-order valence-electron chi connectivity index (χ3n) is 8.91. The fourth-order valence-corrected chi connectivity index (χ4v) is 9.48. The number of carbonyl (C=O) groups excluding carboxylic acids is 3. The van der Waals surface area contributed by atoms with Crippen molar-refractivity contribution in [2.45, 2.75) is 56.1 Å². The number of carbonyl (C=O) groups is 3. The molecule has 0 radical (unpaired) electrons. The Bertz CT molecular complexity index is 1220. The molecule has 9 heteroatoms. The van der Waals surface area contributed by atoms with Crippen LogP contribution in [0.15, 0.2) is 54.6 Å². The summed E-state index contributed by atoms with van der Waals surface area (Å²) in [6, 6.07) is 16.5. The number of aliphatic hydroxyl groups excluding tert-OH is 1. The Morgan fingerprint density at radius 2 is 1.65 bits per heavy atom. The van der Waals surface area contributed by atoms with E-state index in [1.807, 2.05) is 54.6 Å². The molecule has 8 nitrogen and oxygen atoms in total. The lowest BCUT2D eigenvalue weighted by Gasteiger charge is -2.38. The Hall–Kier alpha value is -3.04. The highest BCUT2D eigenvalue weighted by Gasteiger charge is 2.75. The maximum absolute atomic E-state index is 14.1. The summed E-state index contributed by atoms with van der Waals surface area (Å²) < 4.78 is -0.676. The maximum atomic E-state index is 14.1. The van der Waals surface area contributed by atoms with Crippen LogP contribution in [0.2, 0.25) is 0 Å². The summed E-state index contributed by atoms with van der Waals surface area (Å²) in [6.45, 7) is 8.54. The van der Waals surface area contributed by atoms with E-state index in [1.54, 1.807) is 16.7 Å². The summed E-state index contributed by atoms with van der Waals surface area (Å²) in [4.78, 5) is 45.8. The number of fused-ring (bicyclic) bond motifs is 1. The average Bonchev–Trinajstić information content (AvgIpc) is 3.54. The molecule has 6 atom stereocenters. The molecule has 3 N–H and O–H groups in total. The van der Waals surface area contributed by atoms with Crippen LogP contribution in [0, 0.1) is 17.8 Å². The second-order valence-electron chi connectivity index (χ2n) is 11.1. The van der Waals surface area contributed by atoms with Crippen molar-refractivity contribution in [3.05, 3.63) is 54.6 Å². The third kappa shape index (κ3) is 4.87. The molecule has 0 saturated carbocycles. The van der Waals surface area contributed by atoms with Gasteiger partial charge in [0.05, 0.1) is 16.6 Å². The van der Waals surface area contributed by atoms with Gasteiger partial charge in [-0.2, -0.15) is 0 Å². The van der Waals surface area contributed by atoms with Crippen molar-refractivity contribution < 1.29 is 19.5 Å². The molecule has 2 aromatic carbocycles. The predicted octanol–water partition coefficient (Wildman–Crippen LogP) is 4.22. The van der Waals surface area contributed by atoms with Gasteiger partial charge in [0.25, 0.3) is 0 Å². The van der Waals surface area contributed by atoms with Crippen LogP contribution in [-0.2, 0) is 14.4 Å². The van der Waals surface area contributed by atoms with E-state index in [2.05, 4.69) is 36.3 Å². The van der Waals surface area contributed by atoms with Crippen LogP contribution in [-0.4, -0.2) is 70.0 Å². The molecule has 3 aliphatic rings. The minimum atomic E-state index is -0.689. The van der Waals surface area contributed by atoms with Gasteiger partial charge in [-0.3, -0.25) is 14.4 Å². The van der Waals surface area contributed by atoms with Crippen LogP contribution in [0.1, 0.15) is 40.0 Å². The number of rotatable bonds is 11. The van der Waals surface area contributed by atoms with Crippen LogP contribution < -0.4 is 15.5 Å². The summed E-state index contributed by atoms with van der Waals surface area (Å²) >= 11 is 1.67. The smallest absolute Gasteiger partial charge is 0.248 e. The van der Waals surface area contributed by atoms with Crippen LogP contribution in [0.4, 0.5) is 17.1 Å². The van der Waals surface area contributed by atoms with Crippen molar-refractivity contribution in [1.82, 2.24) is 4.90 Å². The van der Waals surface area contributed by atoms with E-state index in [0.717, 1.165) is 25.2 Å². The molecule has 2 aromatic rings. The molecule has 0 aliphatic carbocycles. The van der Waals surface area contributed by atoms with Gasteiger partial charge in [-0.05, 0) is 75.4 Å². The number of hydrogen-bond donors (Lipinski definition) is 3. The molecular weight excluding hydrogens is 524 g/mol. The standard InChI is InChI=1S/C31H40N4O4S/c1-4-34(5-2)23-15-13-22(14-16-23)33-29(38)27-31-20(3)19-24(40-31)25(28(37)32-21-11-7-6-8-12-21)26(31)30(39)35(27)17-9-10-18-36/h6-8,11-16,20,24-27,36H,4-5,9-10,17-19H2,1-3H3,(H,32,37)(H,33,38)/t20?,24-,25+,26-,27?,31?/m0/s1. The molecule has 0 aromatic heterocycles. The number of hydrogen-bond acceptors (Lipinski definition) is 6. The first-order valence-corrected chi connectivity index (χ1v) is 15.3. The van der Waals surface area contributed by atoms with Crippen molar-refractivity contribution in [3.63, 3.8) is 0 Å². The van der Waals surface area contributed by atoms with Crippen molar-refractivity contribution in [2.75, 3.05) is 41.8 Å². The first-order valence-electron chi connectivity index (χ1n) is 14.5. The van der Waals surface area contributed by atoms with Gasteiger partial charge in [0.1, 0.15) is 6.04 Å². The van der Waals surface area contributed by atoms with E-state index in [9.17, 15) is 19.5 Å². The summed E-state index contributed by atoms with van der Waals surface area (Å²) in [6.07, 6.45) is 1.93. The minimum absolute atomic E-state index is 0.0177. The lowest BCUT2D eigenvalue weighted by Crippen LogP contribution is -2.54. The number of nitrogens with one attached hydrogen (secondary N) is 2. The number of anilines is 3. The first-order chi connectivity index (χ1) is 19.3. The van der Waals surface area contributed by atoms with Gasteiger partial charge in [0.15, 0.2) is 0 Å². The van der Waals surface area contributed by atoms with E-state index in [-0.39, 0.29) is 35.5 Å². The minimum Gasteiger partial charge on any atom is -0.396 e. The van der Waals surface area contributed by atoms with E-state index >= 15 is 0 Å². The molecule has 2 bridgehead atoms. The van der Waals surface area contributed by atoms with E-state index in [4.69, 9.17) is 0 Å². The zero-order valence-electron chi connectivity index (χ0n) is 23.5. The predicted molar refractivity (Wildman–Crippen MR) is 160 cm³/mol. The summed E-state index contributed by atoms with van der Waals surface area (Å²) in [5, 5.41) is 15.5. The lowest BCUT2D eigenvalue weighted by atomic mass is 9.66. The van der Waals surface area contributed by atoms with Gasteiger partial charge in [-0.15, -0.1) is 11.8 Å². The number of nitrogens with zero attached hydrogens (tertiary/aromatic N) is 2. The largest absolute Gasteiger partial charge is 0.396 e. The number of benzene rings is 2. The summed E-state index contributed by atoms with van der Waals surface area (Å²) in [5.74, 6) is -1.45. The normalized spacial score (nSPS) is 28.4. The highest BCUT2D eigenvalue weighted by molar-refractivity contribution is 8.02. The molecule has 3 heterocycles. The number of thioether (sulfide) groups is 1. The first kappa shape index (κ1) is 28.5. The molecule has 3 unspecified atom stereocenters. The van der Waals surface area contributed by atoms with Crippen LogP contribution >= 0.6 is 11.8 Å². The third-order valence-corrected chi connectivity index (χ3v) is 11.0. The van der Waals surface area contributed by atoms with E-state index < -0.39 is 22.6 Å². The second-order valence-corrected chi connectivity index (χ2v) is 12.6. The lowest BCUT2D eigenvalue weighted by molar-refractivity contribution is -0.138. The summed E-state index contributed by atoms with van der Waals surface area (Å²) in [5.41, 5.74) is 2.48. The monoisotopic (exact) mass is 564 g/mol. The molecule has 3 amide bonds. The molecular formula is C31H40N4O4S. The molecule has 40 heavy (non-hydrogen) atoms. The van der Waals surface area contributed by atoms with Crippen LogP contribution in [0.3, 0.4) is 0 Å². The molecule has 3 saturated heterocycles. The van der Waals surface area contributed by atoms with Gasteiger partial charge >= 0.3 is 0 Å². The maximum Gasteiger partial charge on any atom is 0.248 e. The molecule has 3 aliphatic heterocycles. The SMILES string of the molecule is CCN(CC)c1ccc(NC(=O)C2N(CCCCO)C(=O)[C@@H]3[C@H](C(=O)Nc4ccccc4)[C@@H]4CC(C)C23S4)cc1. The molecule has 1 spiro atoms. The fraction of sp³-hybridized carbons (Fsp3) is 0.516. The molecule has 5 rings (SSSR count). The van der Waals surface area contributed by atoms with E-state index in [0.29, 0.717) is 30.8 Å². The Morgan fingerprint density at radius 1 is 1.00 bits per heavy atom. The average molecular weight is 565 g/mol. The van der Waals surface area contributed by atoms with E-state index in [1.165, 1.54) is 0 Å². The zero-order valence-corrected chi connectivity index (χ0v) is 24.3. The van der Waals surface area contributed by atoms with Crippen LogP contribution in [0.5, 0.6) is 0 Å². The quantitative estimate of drug-likeness (QED) is 0.354. The number of unbranched alkanes of at least 4 members (excludes halogenated alkanes) is 1. The van der Waals surface area contributed by atoms with Gasteiger partial charge in [0.2, 0.25) is 17.7 Å². The Balaban J connectivity index is 1.44. The Labute approximate surface area is 240 Å². The van der Waals surface area contributed by atoms with Crippen molar-refractivity contribution in [2.24, 2.45) is 17.8 Å². The topological polar surface area (TPSA) is 102 Å². The zero-order chi connectivity index (χ0) is 28.4. The number of likely N-dealkylation sites (tertiary alicyclic amines) is 1. The van der Waals surface area contributed by atoms with Gasteiger partial charge in [-0.1, -0.05) is 25.1 Å². The number of aliphatic hydroxyl groups is 1. The molecule has 3 fully saturated rings. The number of amides is 3.